The fourth-order valence-electron chi connectivity index (χ4n) is 1.46. The highest BCUT2D eigenvalue weighted by atomic mass is 35.5. The summed E-state index contributed by atoms with van der Waals surface area (Å²) in [6.07, 6.45) is 0. The summed E-state index contributed by atoms with van der Waals surface area (Å²) in [5.41, 5.74) is 1.59. The van der Waals surface area contributed by atoms with E-state index < -0.39 is 12.0 Å². The van der Waals surface area contributed by atoms with Crippen LogP contribution in [-0.2, 0) is 9.59 Å². The smallest absolute Gasteiger partial charge is 0.328 e. The molecule has 98 valence electrons. The lowest BCUT2D eigenvalue weighted by atomic mass is 10.2. The Hall–Kier alpha value is -1.75. The number of halogens is 1. The van der Waals surface area contributed by atoms with Crippen LogP contribution >= 0.6 is 11.6 Å². The first kappa shape index (κ1) is 14.3. The summed E-state index contributed by atoms with van der Waals surface area (Å²) in [6.45, 7) is 3.20. The lowest BCUT2D eigenvalue weighted by Crippen LogP contribution is -2.44. The summed E-state index contributed by atoms with van der Waals surface area (Å²) in [6, 6.07) is 4.35. The van der Waals surface area contributed by atoms with Crippen LogP contribution in [0.1, 0.15) is 12.5 Å². The minimum atomic E-state index is -1.09. The number of nitrogens with one attached hydrogen (secondary N) is 2. The van der Waals surface area contributed by atoms with Gasteiger partial charge in [0.2, 0.25) is 5.91 Å². The van der Waals surface area contributed by atoms with Crippen LogP contribution in [0.5, 0.6) is 0 Å². The molecule has 0 aliphatic heterocycles. The van der Waals surface area contributed by atoms with Gasteiger partial charge in [0.1, 0.15) is 6.04 Å². The van der Waals surface area contributed by atoms with Crippen molar-refractivity contribution in [1.82, 2.24) is 5.32 Å². The molecule has 1 atom stereocenters. The van der Waals surface area contributed by atoms with Crippen LogP contribution in [0.25, 0.3) is 0 Å². The first-order valence-corrected chi connectivity index (χ1v) is 5.78. The average molecular weight is 271 g/mol. The Bertz CT molecular complexity index is 463. The summed E-state index contributed by atoms with van der Waals surface area (Å²) in [5.74, 6) is -1.47. The number of rotatable bonds is 5. The third kappa shape index (κ3) is 3.92. The Balaban J connectivity index is 2.70. The molecule has 0 saturated carbocycles. The van der Waals surface area contributed by atoms with E-state index >= 15 is 0 Å². The molecular formula is C12H15ClN2O3. The maximum atomic E-state index is 10.9. The normalized spacial score (nSPS) is 11.7. The fourth-order valence-corrected chi connectivity index (χ4v) is 1.63. The molecule has 3 N–H and O–H groups in total. The number of benzene rings is 1. The Morgan fingerprint density at radius 1 is 1.44 bits per heavy atom. The van der Waals surface area contributed by atoms with Crippen molar-refractivity contribution in [2.75, 3.05) is 11.9 Å². The van der Waals surface area contributed by atoms with Crippen LogP contribution in [0, 0.1) is 6.92 Å². The van der Waals surface area contributed by atoms with Gasteiger partial charge < -0.3 is 15.7 Å². The Labute approximate surface area is 110 Å². The summed E-state index contributed by atoms with van der Waals surface area (Å²) < 4.78 is 0. The second kappa shape index (κ2) is 6.26. The van der Waals surface area contributed by atoms with Gasteiger partial charge in [-0.1, -0.05) is 17.7 Å². The zero-order valence-corrected chi connectivity index (χ0v) is 10.9. The van der Waals surface area contributed by atoms with Gasteiger partial charge in [-0.25, -0.2) is 4.79 Å². The minimum Gasteiger partial charge on any atom is -0.480 e. The van der Waals surface area contributed by atoms with E-state index in [1.165, 1.54) is 6.92 Å². The standard InChI is InChI=1S/C12H15ClN2O3/c1-7-9(13)4-3-5-10(7)14-6-11(12(17)18)15-8(2)16/h3-5,11,14H,6H2,1-2H3,(H,15,16)(H,17,18). The molecule has 0 spiro atoms. The van der Waals surface area contributed by atoms with Gasteiger partial charge in [-0.05, 0) is 24.6 Å². The Morgan fingerprint density at radius 2 is 2.11 bits per heavy atom. The van der Waals surface area contributed by atoms with E-state index in [4.69, 9.17) is 16.7 Å². The van der Waals surface area contributed by atoms with Gasteiger partial charge in [-0.2, -0.15) is 0 Å². The predicted octanol–water partition coefficient (Wildman–Crippen LogP) is 1.65. The monoisotopic (exact) mass is 270 g/mol. The Morgan fingerprint density at radius 3 is 2.67 bits per heavy atom. The second-order valence-electron chi connectivity index (χ2n) is 3.88. The highest BCUT2D eigenvalue weighted by molar-refractivity contribution is 6.31. The summed E-state index contributed by atoms with van der Waals surface area (Å²) in [5, 5.41) is 14.9. The molecule has 0 heterocycles. The lowest BCUT2D eigenvalue weighted by molar-refractivity contribution is -0.141. The SMILES string of the molecule is CC(=O)NC(CNc1cccc(Cl)c1C)C(=O)O. The minimum absolute atomic E-state index is 0.0933. The van der Waals surface area contributed by atoms with Crippen molar-refractivity contribution >= 4 is 29.2 Å². The van der Waals surface area contributed by atoms with Gasteiger partial charge in [-0.15, -0.1) is 0 Å². The van der Waals surface area contributed by atoms with Gasteiger partial charge in [-0.3, -0.25) is 4.79 Å². The number of hydrogen-bond acceptors (Lipinski definition) is 3. The third-order valence-electron chi connectivity index (χ3n) is 2.44. The van der Waals surface area contributed by atoms with Crippen LogP contribution in [-0.4, -0.2) is 29.6 Å². The van der Waals surface area contributed by atoms with Gasteiger partial charge >= 0.3 is 5.97 Å². The largest absolute Gasteiger partial charge is 0.480 e. The molecule has 1 aromatic rings. The van der Waals surface area contributed by atoms with Gasteiger partial charge in [0.05, 0.1) is 0 Å². The van der Waals surface area contributed by atoms with Gasteiger partial charge in [0.25, 0.3) is 0 Å². The zero-order valence-electron chi connectivity index (χ0n) is 10.2. The topological polar surface area (TPSA) is 78.4 Å². The third-order valence-corrected chi connectivity index (χ3v) is 2.85. The summed E-state index contributed by atoms with van der Waals surface area (Å²) >= 11 is 5.95. The first-order valence-electron chi connectivity index (χ1n) is 5.40. The van der Waals surface area contributed by atoms with Gasteiger partial charge in [0, 0.05) is 24.2 Å². The lowest BCUT2D eigenvalue weighted by Gasteiger charge is -2.16. The van der Waals surface area contributed by atoms with Gasteiger partial charge in [0.15, 0.2) is 0 Å². The van der Waals surface area contributed by atoms with E-state index in [0.717, 1.165) is 11.3 Å². The molecule has 1 aromatic carbocycles. The summed E-state index contributed by atoms with van der Waals surface area (Å²) in [7, 11) is 0. The predicted molar refractivity (Wildman–Crippen MR) is 69.9 cm³/mol. The van der Waals surface area contributed by atoms with Crippen LogP contribution < -0.4 is 10.6 Å². The molecule has 1 amide bonds. The number of anilines is 1. The van der Waals surface area contributed by atoms with Crippen molar-refractivity contribution < 1.29 is 14.7 Å². The molecule has 0 aliphatic carbocycles. The van der Waals surface area contributed by atoms with Crippen molar-refractivity contribution in [2.45, 2.75) is 19.9 Å². The first-order chi connectivity index (χ1) is 8.41. The summed E-state index contributed by atoms with van der Waals surface area (Å²) in [4.78, 5) is 21.8. The van der Waals surface area contributed by atoms with Crippen LogP contribution in [0.15, 0.2) is 18.2 Å². The van der Waals surface area contributed by atoms with Crippen LogP contribution in [0.3, 0.4) is 0 Å². The quantitative estimate of drug-likeness (QED) is 0.760. The second-order valence-corrected chi connectivity index (χ2v) is 4.29. The molecule has 0 aliphatic rings. The molecule has 1 unspecified atom stereocenters. The number of aliphatic carboxylic acids is 1. The molecule has 0 radical (unpaired) electrons. The highest BCUT2D eigenvalue weighted by Crippen LogP contribution is 2.22. The molecule has 5 nitrogen and oxygen atoms in total. The van der Waals surface area contributed by atoms with E-state index in [1.807, 2.05) is 6.92 Å². The average Bonchev–Trinajstić information content (AvgIpc) is 2.28. The number of carboxylic acid groups (broad SMARTS) is 1. The van der Waals surface area contributed by atoms with Crippen molar-refractivity contribution in [2.24, 2.45) is 0 Å². The fraction of sp³-hybridized carbons (Fsp3) is 0.333. The maximum absolute atomic E-state index is 10.9. The molecule has 1 rings (SSSR count). The molecule has 18 heavy (non-hydrogen) atoms. The number of carbonyl (C=O) groups is 2. The molecule has 0 fully saturated rings. The van der Waals surface area contributed by atoms with E-state index in [-0.39, 0.29) is 12.5 Å². The number of amides is 1. The van der Waals surface area contributed by atoms with Crippen LogP contribution in [0.4, 0.5) is 5.69 Å². The molecule has 0 bridgehead atoms. The van der Waals surface area contributed by atoms with Crippen molar-refractivity contribution in [3.05, 3.63) is 28.8 Å². The van der Waals surface area contributed by atoms with Crippen molar-refractivity contribution in [1.29, 1.82) is 0 Å². The molecule has 6 heteroatoms. The number of carbonyl (C=O) groups excluding carboxylic acids is 1. The van der Waals surface area contributed by atoms with Crippen molar-refractivity contribution in [3.63, 3.8) is 0 Å². The van der Waals surface area contributed by atoms with E-state index in [9.17, 15) is 9.59 Å². The van der Waals surface area contributed by atoms with Crippen LogP contribution in [0.2, 0.25) is 5.02 Å². The number of hydrogen-bond donors (Lipinski definition) is 3. The van der Waals surface area contributed by atoms with E-state index in [2.05, 4.69) is 10.6 Å². The van der Waals surface area contributed by atoms with E-state index in [0.29, 0.717) is 5.02 Å². The maximum Gasteiger partial charge on any atom is 0.328 e. The highest BCUT2D eigenvalue weighted by Gasteiger charge is 2.18. The van der Waals surface area contributed by atoms with Crippen molar-refractivity contribution in [3.8, 4) is 0 Å². The molecular weight excluding hydrogens is 256 g/mol. The molecule has 0 aromatic heterocycles. The Kier molecular flexibility index (Phi) is 4.97. The molecule has 0 saturated heterocycles. The number of carboxylic acids is 1. The van der Waals surface area contributed by atoms with E-state index in [1.54, 1.807) is 18.2 Å². The zero-order chi connectivity index (χ0) is 13.7.